The number of benzene rings is 2. The van der Waals surface area contributed by atoms with Crippen molar-refractivity contribution in [2.45, 2.75) is 38.3 Å². The maximum atomic E-state index is 13.1. The SMILES string of the molecule is O=C(O)N1CCC(N2CC[C@@H](Cc3c(Cl)cc(OCc4ccccc4)cc3Cl)C2=O)CC1. The second kappa shape index (κ2) is 10.0. The number of nitrogens with zero attached hydrogens (tertiary/aromatic N) is 2. The molecule has 1 N–H and O–H groups in total. The van der Waals surface area contributed by atoms with Crippen LogP contribution in [0.15, 0.2) is 42.5 Å². The zero-order valence-electron chi connectivity index (χ0n) is 17.7. The summed E-state index contributed by atoms with van der Waals surface area (Å²) < 4.78 is 5.83. The van der Waals surface area contributed by atoms with Crippen LogP contribution in [0.1, 0.15) is 30.4 Å². The zero-order chi connectivity index (χ0) is 22.7. The molecular weight excluding hydrogens is 451 g/mol. The van der Waals surface area contributed by atoms with E-state index in [0.717, 1.165) is 17.5 Å². The van der Waals surface area contributed by atoms with Gasteiger partial charge in [0.05, 0.1) is 0 Å². The largest absolute Gasteiger partial charge is 0.489 e. The summed E-state index contributed by atoms with van der Waals surface area (Å²) >= 11 is 13.0. The Bertz CT molecular complexity index is 954. The molecule has 0 aromatic heterocycles. The number of carbonyl (C=O) groups is 2. The highest BCUT2D eigenvalue weighted by Crippen LogP contribution is 2.35. The van der Waals surface area contributed by atoms with E-state index >= 15 is 0 Å². The third kappa shape index (κ3) is 5.13. The summed E-state index contributed by atoms with van der Waals surface area (Å²) in [5, 5.41) is 10.1. The van der Waals surface area contributed by atoms with Gasteiger partial charge in [0.2, 0.25) is 5.91 Å². The van der Waals surface area contributed by atoms with Crippen LogP contribution in [-0.2, 0) is 17.8 Å². The van der Waals surface area contributed by atoms with E-state index in [-0.39, 0.29) is 17.9 Å². The number of ether oxygens (including phenoxy) is 1. The van der Waals surface area contributed by atoms with Gasteiger partial charge in [-0.05, 0) is 48.9 Å². The van der Waals surface area contributed by atoms with Gasteiger partial charge in [-0.2, -0.15) is 0 Å². The molecule has 4 rings (SSSR count). The molecule has 6 nitrogen and oxygen atoms in total. The molecule has 2 aromatic rings. The van der Waals surface area contributed by atoms with Crippen molar-refractivity contribution >= 4 is 35.2 Å². The molecular formula is C24H26Cl2N2O4. The molecule has 2 saturated heterocycles. The van der Waals surface area contributed by atoms with E-state index in [1.807, 2.05) is 35.2 Å². The van der Waals surface area contributed by atoms with Crippen LogP contribution in [0.3, 0.4) is 0 Å². The van der Waals surface area contributed by atoms with Gasteiger partial charge in [-0.1, -0.05) is 53.5 Å². The van der Waals surface area contributed by atoms with Crippen LogP contribution in [0.5, 0.6) is 5.75 Å². The van der Waals surface area contributed by atoms with Crippen LogP contribution in [0, 0.1) is 5.92 Å². The van der Waals surface area contributed by atoms with Gasteiger partial charge in [-0.25, -0.2) is 4.79 Å². The van der Waals surface area contributed by atoms with E-state index < -0.39 is 6.09 Å². The number of carboxylic acid groups (broad SMARTS) is 1. The van der Waals surface area contributed by atoms with Crippen molar-refractivity contribution in [2.75, 3.05) is 19.6 Å². The van der Waals surface area contributed by atoms with Gasteiger partial charge in [0.25, 0.3) is 0 Å². The summed E-state index contributed by atoms with van der Waals surface area (Å²) in [6.07, 6.45) is 1.70. The lowest BCUT2D eigenvalue weighted by Crippen LogP contribution is -2.47. The predicted molar refractivity (Wildman–Crippen MR) is 123 cm³/mol. The second-order valence-corrected chi connectivity index (χ2v) is 9.18. The van der Waals surface area contributed by atoms with Crippen LogP contribution >= 0.6 is 23.2 Å². The number of likely N-dealkylation sites (tertiary alicyclic amines) is 2. The van der Waals surface area contributed by atoms with E-state index in [0.29, 0.717) is 61.3 Å². The Hall–Kier alpha value is -2.44. The lowest BCUT2D eigenvalue weighted by molar-refractivity contribution is -0.133. The highest BCUT2D eigenvalue weighted by Gasteiger charge is 2.38. The summed E-state index contributed by atoms with van der Waals surface area (Å²) in [4.78, 5) is 27.5. The fraction of sp³-hybridized carbons (Fsp3) is 0.417. The van der Waals surface area contributed by atoms with Crippen LogP contribution in [-0.4, -0.2) is 52.6 Å². The smallest absolute Gasteiger partial charge is 0.407 e. The molecule has 2 aliphatic rings. The number of carbonyl (C=O) groups excluding carboxylic acids is 1. The van der Waals surface area contributed by atoms with Gasteiger partial charge in [0.15, 0.2) is 0 Å². The summed E-state index contributed by atoms with van der Waals surface area (Å²) in [6.45, 7) is 2.05. The average Bonchev–Trinajstić information content (AvgIpc) is 3.15. The van der Waals surface area contributed by atoms with Crippen molar-refractivity contribution < 1.29 is 19.4 Å². The summed E-state index contributed by atoms with van der Waals surface area (Å²) in [5.74, 6) is 0.533. The van der Waals surface area contributed by atoms with Gasteiger partial charge >= 0.3 is 6.09 Å². The van der Waals surface area contributed by atoms with Crippen molar-refractivity contribution in [1.29, 1.82) is 0 Å². The minimum Gasteiger partial charge on any atom is -0.489 e. The van der Waals surface area contributed by atoms with E-state index in [4.69, 9.17) is 33.0 Å². The van der Waals surface area contributed by atoms with Crippen LogP contribution in [0.4, 0.5) is 4.79 Å². The second-order valence-electron chi connectivity index (χ2n) is 8.36. The van der Waals surface area contributed by atoms with Crippen LogP contribution in [0.25, 0.3) is 0 Å². The first-order valence-corrected chi connectivity index (χ1v) is 11.6. The number of hydrogen-bond acceptors (Lipinski definition) is 3. The van der Waals surface area contributed by atoms with Gasteiger partial charge in [0.1, 0.15) is 12.4 Å². The lowest BCUT2D eigenvalue weighted by atomic mass is 9.97. The molecule has 32 heavy (non-hydrogen) atoms. The molecule has 0 bridgehead atoms. The summed E-state index contributed by atoms with van der Waals surface area (Å²) in [5.41, 5.74) is 1.82. The molecule has 0 unspecified atom stereocenters. The molecule has 2 fully saturated rings. The van der Waals surface area contributed by atoms with Gasteiger partial charge < -0.3 is 19.6 Å². The Morgan fingerprint density at radius 3 is 2.31 bits per heavy atom. The summed E-state index contributed by atoms with van der Waals surface area (Å²) in [7, 11) is 0. The molecule has 8 heteroatoms. The minimum absolute atomic E-state index is 0.0998. The topological polar surface area (TPSA) is 70.1 Å². The first-order valence-electron chi connectivity index (χ1n) is 10.9. The molecule has 0 spiro atoms. The monoisotopic (exact) mass is 476 g/mol. The maximum absolute atomic E-state index is 13.1. The number of piperidine rings is 1. The minimum atomic E-state index is -0.894. The molecule has 2 aliphatic heterocycles. The van der Waals surface area contributed by atoms with Crippen molar-refractivity contribution in [3.8, 4) is 5.75 Å². The third-order valence-corrected chi connectivity index (χ3v) is 7.01. The Labute approximate surface area is 197 Å². The molecule has 2 amide bonds. The van der Waals surface area contributed by atoms with E-state index in [2.05, 4.69) is 0 Å². The fourth-order valence-corrected chi connectivity index (χ4v) is 5.15. The van der Waals surface area contributed by atoms with E-state index in [1.165, 1.54) is 4.90 Å². The number of hydrogen-bond donors (Lipinski definition) is 1. The van der Waals surface area contributed by atoms with Gasteiger partial charge in [0, 0.05) is 41.6 Å². The number of rotatable bonds is 6. The summed E-state index contributed by atoms with van der Waals surface area (Å²) in [6, 6.07) is 13.5. The Balaban J connectivity index is 1.36. The standard InChI is InChI=1S/C24H26Cl2N2O4/c25-21-13-19(32-15-16-4-2-1-3-5-16)14-22(26)20(21)12-17-6-11-28(23(17)29)18-7-9-27(10-8-18)24(30)31/h1-5,13-14,17-18H,6-12,15H2,(H,30,31)/t17-/m0/s1. The van der Waals surface area contributed by atoms with Crippen molar-refractivity contribution in [3.05, 3.63) is 63.6 Å². The van der Waals surface area contributed by atoms with E-state index in [1.54, 1.807) is 12.1 Å². The molecule has 170 valence electrons. The third-order valence-electron chi connectivity index (χ3n) is 6.34. The molecule has 0 radical (unpaired) electrons. The Morgan fingerprint density at radius 2 is 1.69 bits per heavy atom. The van der Waals surface area contributed by atoms with Gasteiger partial charge in [-0.3, -0.25) is 4.79 Å². The van der Waals surface area contributed by atoms with Crippen LogP contribution in [0.2, 0.25) is 10.0 Å². The van der Waals surface area contributed by atoms with Crippen molar-refractivity contribution in [1.82, 2.24) is 9.80 Å². The van der Waals surface area contributed by atoms with Crippen molar-refractivity contribution in [3.63, 3.8) is 0 Å². The quantitative estimate of drug-likeness (QED) is 0.628. The molecule has 2 aromatic carbocycles. The number of halogens is 2. The highest BCUT2D eigenvalue weighted by atomic mass is 35.5. The highest BCUT2D eigenvalue weighted by molar-refractivity contribution is 6.36. The van der Waals surface area contributed by atoms with E-state index in [9.17, 15) is 9.59 Å². The maximum Gasteiger partial charge on any atom is 0.407 e. The Kier molecular flexibility index (Phi) is 7.11. The number of amides is 2. The molecule has 2 heterocycles. The lowest BCUT2D eigenvalue weighted by Gasteiger charge is -2.35. The molecule has 1 atom stereocenters. The first kappa shape index (κ1) is 22.7. The Morgan fingerprint density at radius 1 is 1.03 bits per heavy atom. The zero-order valence-corrected chi connectivity index (χ0v) is 19.2. The predicted octanol–water partition coefficient (Wildman–Crippen LogP) is 5.11. The molecule has 0 saturated carbocycles. The van der Waals surface area contributed by atoms with Gasteiger partial charge in [-0.15, -0.1) is 0 Å². The van der Waals surface area contributed by atoms with Crippen molar-refractivity contribution in [2.24, 2.45) is 5.92 Å². The average molecular weight is 477 g/mol. The first-order chi connectivity index (χ1) is 15.4. The fourth-order valence-electron chi connectivity index (χ4n) is 4.53. The molecule has 0 aliphatic carbocycles. The van der Waals surface area contributed by atoms with Crippen LogP contribution < -0.4 is 4.74 Å². The normalized spacial score (nSPS) is 19.4.